The van der Waals surface area contributed by atoms with E-state index in [1.54, 1.807) is 0 Å². The van der Waals surface area contributed by atoms with Crippen molar-refractivity contribution in [3.8, 4) is 0 Å². The molecular weight excluding hydrogens is 685 g/mol. The maximum absolute atomic E-state index is 16.6. The van der Waals surface area contributed by atoms with E-state index in [9.17, 15) is 23.7 Å². The summed E-state index contributed by atoms with van der Waals surface area (Å²) in [5.74, 6) is -0.806. The van der Waals surface area contributed by atoms with Gasteiger partial charge in [-0.1, -0.05) is 0 Å². The number of H-pyrrole nitrogens is 1. The largest absolute Gasteiger partial charge is 0.472 e. The van der Waals surface area contributed by atoms with E-state index in [4.69, 9.17) is 39.0 Å². The first kappa shape index (κ1) is 31.8. The number of phosphoric ester groups is 2. The van der Waals surface area contributed by atoms with Crippen LogP contribution in [0.5, 0.6) is 0 Å². The molecular formula is C24H29FN10O11P2. The highest BCUT2D eigenvalue weighted by Crippen LogP contribution is 2.68. The van der Waals surface area contributed by atoms with Gasteiger partial charge in [0.05, 0.1) is 31.9 Å². The third kappa shape index (κ3) is 4.82. The maximum Gasteiger partial charge on any atom is 0.472 e. The second-order valence-electron chi connectivity index (χ2n) is 12.0. The summed E-state index contributed by atoms with van der Waals surface area (Å²) < 4.78 is 80.1. The first-order chi connectivity index (χ1) is 22.8. The summed E-state index contributed by atoms with van der Waals surface area (Å²) in [7, 11) is -8.85. The van der Waals surface area contributed by atoms with Crippen LogP contribution in [-0.4, -0.2) is 99.7 Å². The van der Waals surface area contributed by atoms with Gasteiger partial charge in [-0.2, -0.15) is 4.98 Å². The number of nitrogen functional groups attached to an aromatic ring is 2. The van der Waals surface area contributed by atoms with Crippen molar-refractivity contribution in [2.24, 2.45) is 11.3 Å². The summed E-state index contributed by atoms with van der Waals surface area (Å²) in [6, 6.07) is -1.04. The van der Waals surface area contributed by atoms with Crippen molar-refractivity contribution in [3.05, 3.63) is 29.3 Å². The molecule has 24 heteroatoms. The summed E-state index contributed by atoms with van der Waals surface area (Å²) in [6.07, 6.45) is -4.55. The number of rotatable bonds is 3. The van der Waals surface area contributed by atoms with Crippen LogP contribution in [-0.2, 0) is 36.7 Å². The van der Waals surface area contributed by atoms with E-state index < -0.39 is 88.6 Å². The van der Waals surface area contributed by atoms with Crippen molar-refractivity contribution in [1.29, 1.82) is 0 Å². The molecule has 4 aliphatic rings. The van der Waals surface area contributed by atoms with E-state index in [-0.39, 0.29) is 40.5 Å². The van der Waals surface area contributed by atoms with Crippen molar-refractivity contribution in [2.75, 3.05) is 31.8 Å². The Morgan fingerprint density at radius 1 is 1.06 bits per heavy atom. The van der Waals surface area contributed by atoms with Gasteiger partial charge >= 0.3 is 15.6 Å². The number of alkyl halides is 1. The van der Waals surface area contributed by atoms with Crippen molar-refractivity contribution < 1.29 is 50.9 Å². The molecule has 0 amide bonds. The molecule has 2 saturated carbocycles. The average molecular weight is 715 g/mol. The molecule has 6 heterocycles. The van der Waals surface area contributed by atoms with Gasteiger partial charge in [0.25, 0.3) is 5.56 Å². The highest BCUT2D eigenvalue weighted by atomic mass is 31.2. The Bertz CT molecular complexity index is 2080. The molecule has 2 aliphatic heterocycles. The summed E-state index contributed by atoms with van der Waals surface area (Å²) in [6.45, 7) is -1.29. The second kappa shape index (κ2) is 11.0. The number of anilines is 2. The molecule has 4 aromatic rings. The van der Waals surface area contributed by atoms with Gasteiger partial charge in [0, 0.05) is 12.5 Å². The number of nitrogens with zero attached hydrogens (tertiary/aromatic N) is 7. The highest BCUT2D eigenvalue weighted by molar-refractivity contribution is 7.47. The van der Waals surface area contributed by atoms with Crippen molar-refractivity contribution >= 4 is 49.7 Å². The van der Waals surface area contributed by atoms with Crippen LogP contribution in [0.25, 0.3) is 22.3 Å². The van der Waals surface area contributed by atoms with Crippen molar-refractivity contribution in [3.63, 3.8) is 0 Å². The Morgan fingerprint density at radius 3 is 2.56 bits per heavy atom. The molecule has 11 atom stereocenters. The standard InChI is InChI=1S/C24H29FN10O11P2/c1-41-15-10-4-42-47(37,38)46-17-11(25)14(34-7-30-12-18(26)28-6-29-19(12)34)9-2-3-24(9,17)5-43-48(39,40)45-16(15)22(44-10)35-8-31-13-20(35)32-23(27)33-21(13)36/h6-11,14-17,22H,2-5H2,1H3,(H,37,38)(H,39,40)(H2,26,28,29)(H3,27,32,33,36)/t9-,10-,11-,14-,15-,16-,17+,22-,24?/m1/s1. The topological polar surface area (TPSA) is 289 Å². The number of imidazole rings is 2. The lowest BCUT2D eigenvalue weighted by Gasteiger charge is -2.48. The summed E-state index contributed by atoms with van der Waals surface area (Å²) in [4.78, 5) is 57.2. The Hall–Kier alpha value is -3.43. The molecule has 1 spiro atoms. The van der Waals surface area contributed by atoms with Crippen molar-refractivity contribution in [2.45, 2.75) is 55.7 Å². The normalized spacial score (nSPS) is 40.1. The number of nitrogens with two attached hydrogens (primary N) is 2. The number of ether oxygens (including phenoxy) is 2. The third-order valence-electron chi connectivity index (χ3n) is 9.64. The van der Waals surface area contributed by atoms with Crippen LogP contribution in [0.15, 0.2) is 23.8 Å². The Balaban J connectivity index is 1.17. The zero-order chi connectivity index (χ0) is 33.7. The number of nitrogens with one attached hydrogen (secondary N) is 1. The van der Waals surface area contributed by atoms with Crippen LogP contribution in [0.3, 0.4) is 0 Å². The average Bonchev–Trinajstić information content (AvgIpc) is 3.75. The van der Waals surface area contributed by atoms with Crippen LogP contribution in [0.1, 0.15) is 25.1 Å². The van der Waals surface area contributed by atoms with Crippen LogP contribution < -0.4 is 17.0 Å². The number of fused-ring (bicyclic) bond motifs is 4. The summed E-state index contributed by atoms with van der Waals surface area (Å²) >= 11 is 0. The van der Waals surface area contributed by atoms with E-state index in [0.717, 1.165) is 0 Å². The lowest BCUT2D eigenvalue weighted by atomic mass is 9.60. The van der Waals surface area contributed by atoms with Gasteiger partial charge in [-0.3, -0.25) is 32.4 Å². The van der Waals surface area contributed by atoms with Crippen LogP contribution >= 0.6 is 15.6 Å². The van der Waals surface area contributed by atoms with Gasteiger partial charge < -0.3 is 35.3 Å². The molecule has 4 aromatic heterocycles. The minimum atomic E-state index is -5.06. The minimum absolute atomic E-state index is 0.0543. The molecule has 7 N–H and O–H groups in total. The predicted octanol–water partition coefficient (Wildman–Crippen LogP) is 0.344. The fraction of sp³-hybridized carbons (Fsp3) is 0.583. The number of hydrogen-bond donors (Lipinski definition) is 5. The van der Waals surface area contributed by atoms with Gasteiger partial charge in [-0.15, -0.1) is 0 Å². The van der Waals surface area contributed by atoms with Crippen LogP contribution in [0, 0.1) is 11.3 Å². The predicted molar refractivity (Wildman–Crippen MR) is 157 cm³/mol. The zero-order valence-corrected chi connectivity index (χ0v) is 26.6. The van der Waals surface area contributed by atoms with Gasteiger partial charge in [0.1, 0.15) is 42.4 Å². The SMILES string of the molecule is CO[C@H]1[C@H]2OP(=O)(O)OCC34CC[C@@H]3[C@@H](n3cnc5c(N)ncnc53)[C@@H](F)[C@@H]4OP(=O)(O)OC[C@H]1O[C@H]2n1cnc2c(=O)[nH]c(N)nc21. The van der Waals surface area contributed by atoms with Gasteiger partial charge in [-0.25, -0.2) is 33.5 Å². The monoisotopic (exact) mass is 714 g/mol. The van der Waals surface area contributed by atoms with Gasteiger partial charge in [0.15, 0.2) is 28.9 Å². The minimum Gasteiger partial charge on any atom is -0.382 e. The van der Waals surface area contributed by atoms with E-state index in [1.165, 1.54) is 35.2 Å². The molecule has 4 fully saturated rings. The first-order valence-corrected chi connectivity index (χ1v) is 17.6. The van der Waals surface area contributed by atoms with E-state index >= 15 is 4.39 Å². The van der Waals surface area contributed by atoms with E-state index in [2.05, 4.69) is 29.9 Å². The fourth-order valence-corrected chi connectivity index (χ4v) is 9.45. The number of aromatic amines is 1. The van der Waals surface area contributed by atoms with Crippen LogP contribution in [0.2, 0.25) is 0 Å². The smallest absolute Gasteiger partial charge is 0.382 e. The molecule has 21 nitrogen and oxygen atoms in total. The quantitative estimate of drug-likeness (QED) is 0.179. The first-order valence-electron chi connectivity index (χ1n) is 14.6. The van der Waals surface area contributed by atoms with Gasteiger partial charge in [-0.05, 0) is 18.8 Å². The van der Waals surface area contributed by atoms with Crippen LogP contribution in [0.4, 0.5) is 16.2 Å². The fourth-order valence-electron chi connectivity index (χ4n) is 7.44. The highest BCUT2D eigenvalue weighted by Gasteiger charge is 2.69. The number of phosphoric acid groups is 2. The maximum atomic E-state index is 16.6. The summed E-state index contributed by atoms with van der Waals surface area (Å²) in [5.41, 5.74) is 9.91. The molecule has 258 valence electrons. The molecule has 3 unspecified atom stereocenters. The number of halogens is 1. The lowest BCUT2D eigenvalue weighted by Crippen LogP contribution is -2.49. The Kier molecular flexibility index (Phi) is 7.32. The molecule has 2 saturated heterocycles. The lowest BCUT2D eigenvalue weighted by molar-refractivity contribution is -0.0993. The zero-order valence-electron chi connectivity index (χ0n) is 24.8. The Morgan fingerprint density at radius 2 is 1.81 bits per heavy atom. The second-order valence-corrected chi connectivity index (χ2v) is 14.9. The molecule has 48 heavy (non-hydrogen) atoms. The number of methoxy groups -OCH3 is 1. The number of aromatic nitrogens is 8. The Labute approximate surface area is 267 Å². The molecule has 0 aromatic carbocycles. The molecule has 2 bridgehead atoms. The molecule has 2 aliphatic carbocycles. The summed E-state index contributed by atoms with van der Waals surface area (Å²) in [5, 5.41) is 0. The number of hydrogen-bond acceptors (Lipinski definition) is 16. The molecule has 0 radical (unpaired) electrons. The third-order valence-corrected chi connectivity index (χ3v) is 11.6. The molecule has 8 rings (SSSR count). The van der Waals surface area contributed by atoms with Gasteiger partial charge in [0.2, 0.25) is 5.95 Å². The van der Waals surface area contributed by atoms with Crippen molar-refractivity contribution in [1.82, 2.24) is 39.0 Å². The van der Waals surface area contributed by atoms with E-state index in [0.29, 0.717) is 6.42 Å². The van der Waals surface area contributed by atoms with E-state index in [1.807, 2.05) is 0 Å².